The van der Waals surface area contributed by atoms with Crippen molar-refractivity contribution in [3.8, 4) is 0 Å². The lowest BCUT2D eigenvalue weighted by Gasteiger charge is -2.27. The molecule has 1 aliphatic rings. The largest absolute Gasteiger partial charge is 0.360 e. The zero-order valence-electron chi connectivity index (χ0n) is 13.1. The van der Waals surface area contributed by atoms with Gasteiger partial charge >= 0.3 is 0 Å². The van der Waals surface area contributed by atoms with Gasteiger partial charge in [-0.1, -0.05) is 17.7 Å². The number of carbonyl (C=O) groups excluding carboxylic acids is 1. The van der Waals surface area contributed by atoms with Gasteiger partial charge in [0.05, 0.1) is 5.69 Å². The molecule has 1 aliphatic heterocycles. The molecule has 3 rings (SSSR count). The van der Waals surface area contributed by atoms with Gasteiger partial charge in [-0.15, -0.1) is 0 Å². The molecule has 1 heterocycles. The predicted molar refractivity (Wildman–Crippen MR) is 88.7 cm³/mol. The molecule has 0 aliphatic carbocycles. The molecule has 0 unspecified atom stereocenters. The van der Waals surface area contributed by atoms with Gasteiger partial charge in [0.2, 0.25) is 10.0 Å². The van der Waals surface area contributed by atoms with E-state index in [1.54, 1.807) is 6.07 Å². The number of halogens is 1. The molecule has 0 fully saturated rings. The first-order valence-electron chi connectivity index (χ1n) is 7.23. The average molecular weight is 349 g/mol. The van der Waals surface area contributed by atoms with Crippen LogP contribution in [0.2, 0.25) is 0 Å². The van der Waals surface area contributed by atoms with Crippen LogP contribution >= 0.6 is 0 Å². The summed E-state index contributed by atoms with van der Waals surface area (Å²) in [6.07, 6.45) is -1.23. The minimum absolute atomic E-state index is 0.0505. The van der Waals surface area contributed by atoms with E-state index in [-0.39, 0.29) is 10.6 Å². The first kappa shape index (κ1) is 16.4. The maximum Gasteiger partial charge on any atom is 0.262 e. The van der Waals surface area contributed by atoms with Crippen LogP contribution in [0.1, 0.15) is 11.1 Å². The number of amides is 1. The molecule has 2 aromatic carbocycles. The van der Waals surface area contributed by atoms with Crippen LogP contribution in [-0.2, 0) is 14.8 Å². The van der Waals surface area contributed by atoms with Gasteiger partial charge in [-0.3, -0.25) is 4.79 Å². The number of carbonyl (C=O) groups is 1. The van der Waals surface area contributed by atoms with E-state index >= 15 is 0 Å². The van der Waals surface area contributed by atoms with Crippen LogP contribution in [0.5, 0.6) is 0 Å². The molecule has 1 atom stereocenters. The molecule has 0 saturated heterocycles. The highest BCUT2D eigenvalue weighted by Crippen LogP contribution is 2.27. The van der Waals surface area contributed by atoms with Crippen LogP contribution in [0.15, 0.2) is 41.3 Å². The van der Waals surface area contributed by atoms with Crippen molar-refractivity contribution < 1.29 is 17.6 Å². The van der Waals surface area contributed by atoms with Gasteiger partial charge < -0.3 is 10.6 Å². The lowest BCUT2D eigenvalue weighted by atomic mass is 10.1. The molecule has 0 bridgehead atoms. The fraction of sp³-hybridized carbons (Fsp3) is 0.188. The lowest BCUT2D eigenvalue weighted by molar-refractivity contribution is -0.117. The second-order valence-corrected chi connectivity index (χ2v) is 7.33. The number of anilines is 2. The molecule has 0 saturated carbocycles. The topological polar surface area (TPSA) is 87.3 Å². The van der Waals surface area contributed by atoms with Crippen LogP contribution in [0.3, 0.4) is 0 Å². The summed E-state index contributed by atoms with van der Waals surface area (Å²) in [5, 5.41) is 5.37. The first-order valence-corrected chi connectivity index (χ1v) is 8.71. The summed E-state index contributed by atoms with van der Waals surface area (Å²) in [7, 11) is -3.90. The minimum atomic E-state index is -3.90. The molecule has 1 amide bonds. The van der Waals surface area contributed by atoms with Crippen molar-refractivity contribution in [1.82, 2.24) is 4.72 Å². The second kappa shape index (κ2) is 5.88. The molecule has 6 nitrogen and oxygen atoms in total. The average Bonchev–Trinajstić information content (AvgIpc) is 2.48. The first-order chi connectivity index (χ1) is 11.3. The maximum absolute atomic E-state index is 13.4. The molecule has 24 heavy (non-hydrogen) atoms. The normalized spacial score (nSPS) is 18.4. The van der Waals surface area contributed by atoms with E-state index in [2.05, 4.69) is 15.4 Å². The monoisotopic (exact) mass is 349 g/mol. The van der Waals surface area contributed by atoms with Gasteiger partial charge in [-0.2, -0.15) is 4.72 Å². The number of hydrogen-bond donors (Lipinski definition) is 3. The number of benzene rings is 2. The van der Waals surface area contributed by atoms with E-state index in [4.69, 9.17) is 0 Å². The van der Waals surface area contributed by atoms with Gasteiger partial charge in [0.15, 0.2) is 6.17 Å². The van der Waals surface area contributed by atoms with Crippen LogP contribution in [0.4, 0.5) is 15.8 Å². The fourth-order valence-corrected chi connectivity index (χ4v) is 3.79. The third-order valence-corrected chi connectivity index (χ3v) is 5.19. The third-order valence-electron chi connectivity index (χ3n) is 3.71. The molecular formula is C16H16FN3O3S. The summed E-state index contributed by atoms with van der Waals surface area (Å²) in [5.74, 6) is -1.17. The summed E-state index contributed by atoms with van der Waals surface area (Å²) in [5.41, 5.74) is 2.53. The molecule has 0 spiro atoms. The Bertz CT molecular complexity index is 928. The zero-order valence-corrected chi connectivity index (χ0v) is 13.9. The van der Waals surface area contributed by atoms with Gasteiger partial charge in [0.1, 0.15) is 10.7 Å². The van der Waals surface area contributed by atoms with Gasteiger partial charge in [-0.25, -0.2) is 12.8 Å². The van der Waals surface area contributed by atoms with E-state index < -0.39 is 27.9 Å². The number of hydrogen-bond acceptors (Lipinski definition) is 4. The number of rotatable bonds is 2. The fourth-order valence-electron chi connectivity index (χ4n) is 2.53. The molecule has 126 valence electrons. The van der Waals surface area contributed by atoms with Crippen molar-refractivity contribution in [2.24, 2.45) is 0 Å². The van der Waals surface area contributed by atoms with Crippen LogP contribution in [-0.4, -0.2) is 20.5 Å². The van der Waals surface area contributed by atoms with Gasteiger partial charge in [0.25, 0.3) is 5.91 Å². The van der Waals surface area contributed by atoms with E-state index in [0.29, 0.717) is 5.69 Å². The van der Waals surface area contributed by atoms with Crippen molar-refractivity contribution in [2.75, 3.05) is 10.6 Å². The van der Waals surface area contributed by atoms with Crippen LogP contribution < -0.4 is 15.4 Å². The summed E-state index contributed by atoms with van der Waals surface area (Å²) < 4.78 is 40.0. The molecule has 3 N–H and O–H groups in total. The molecule has 0 aromatic heterocycles. The van der Waals surface area contributed by atoms with Crippen molar-refractivity contribution in [3.63, 3.8) is 0 Å². The highest BCUT2D eigenvalue weighted by Gasteiger charge is 2.33. The minimum Gasteiger partial charge on any atom is -0.360 e. The van der Waals surface area contributed by atoms with Crippen molar-refractivity contribution in [3.05, 3.63) is 53.3 Å². The third kappa shape index (κ3) is 3.10. The zero-order chi connectivity index (χ0) is 17.5. The SMILES string of the molecule is Cc1ccc(NC(=O)[C@@H]2Nc3cc(F)ccc3S(=O)(=O)N2)c(C)c1. The van der Waals surface area contributed by atoms with Gasteiger partial charge in [-0.05, 0) is 43.7 Å². The van der Waals surface area contributed by atoms with Crippen molar-refractivity contribution in [1.29, 1.82) is 0 Å². The van der Waals surface area contributed by atoms with E-state index in [9.17, 15) is 17.6 Å². The Kier molecular flexibility index (Phi) is 4.02. The van der Waals surface area contributed by atoms with Crippen molar-refractivity contribution in [2.45, 2.75) is 24.9 Å². The number of nitrogens with one attached hydrogen (secondary N) is 3. The van der Waals surface area contributed by atoms with Gasteiger partial charge in [0, 0.05) is 5.69 Å². The highest BCUT2D eigenvalue weighted by molar-refractivity contribution is 7.89. The quantitative estimate of drug-likeness (QED) is 0.775. The summed E-state index contributed by atoms with van der Waals surface area (Å²) in [6.45, 7) is 3.77. The number of aryl methyl sites for hydroxylation is 2. The molecular weight excluding hydrogens is 333 g/mol. The van der Waals surface area contributed by atoms with E-state index in [1.165, 1.54) is 0 Å². The number of sulfonamides is 1. The smallest absolute Gasteiger partial charge is 0.262 e. The maximum atomic E-state index is 13.4. The Morgan fingerprint density at radius 3 is 2.62 bits per heavy atom. The van der Waals surface area contributed by atoms with Crippen molar-refractivity contribution >= 4 is 27.3 Å². The highest BCUT2D eigenvalue weighted by atomic mass is 32.2. The molecule has 0 radical (unpaired) electrons. The summed E-state index contributed by atoms with van der Waals surface area (Å²) in [6, 6.07) is 8.73. The number of fused-ring (bicyclic) bond motifs is 1. The Hall–Kier alpha value is -2.45. The van der Waals surface area contributed by atoms with E-state index in [1.807, 2.05) is 26.0 Å². The molecule has 8 heteroatoms. The summed E-state index contributed by atoms with van der Waals surface area (Å²) >= 11 is 0. The standard InChI is InChI=1S/C16H16FN3O3S/c1-9-3-5-12(10(2)7-9)19-16(21)15-18-13-8-11(17)4-6-14(13)24(22,23)20-15/h3-8,15,18,20H,1-2H3,(H,19,21)/t15-/m1/s1. The van der Waals surface area contributed by atoms with Crippen LogP contribution in [0.25, 0.3) is 0 Å². The second-order valence-electron chi connectivity index (χ2n) is 5.65. The predicted octanol–water partition coefficient (Wildman–Crippen LogP) is 2.11. The Labute approximate surface area is 139 Å². The Morgan fingerprint density at radius 2 is 1.92 bits per heavy atom. The summed E-state index contributed by atoms with van der Waals surface area (Å²) in [4.78, 5) is 12.3. The Morgan fingerprint density at radius 1 is 1.17 bits per heavy atom. The van der Waals surface area contributed by atoms with Crippen LogP contribution in [0, 0.1) is 19.7 Å². The lowest BCUT2D eigenvalue weighted by Crippen LogP contribution is -2.51. The Balaban J connectivity index is 1.87. The molecule has 2 aromatic rings. The van der Waals surface area contributed by atoms with E-state index in [0.717, 1.165) is 29.3 Å².